The van der Waals surface area contributed by atoms with E-state index in [1.165, 1.54) is 0 Å². The molecule has 3 rings (SSSR count). The molecule has 0 aliphatic rings. The van der Waals surface area contributed by atoms with Gasteiger partial charge in [0.05, 0.1) is 13.6 Å². The Kier molecular flexibility index (Phi) is 6.44. The van der Waals surface area contributed by atoms with Crippen molar-refractivity contribution in [1.29, 1.82) is 0 Å². The van der Waals surface area contributed by atoms with Crippen LogP contribution >= 0.6 is 11.6 Å². The lowest BCUT2D eigenvalue weighted by Crippen LogP contribution is -2.38. The highest BCUT2D eigenvalue weighted by atomic mass is 35.5. The molecule has 0 saturated carbocycles. The molecule has 0 spiro atoms. The number of aromatic nitrogens is 4. The first kappa shape index (κ1) is 22.7. The SMILES string of the molecule is CCn1c(CNC(=O)c2nc(Cl)c(N)nc2N)[n+](C)c2ccc(C(=O)NCC(=O)O)cc21. The standard InChI is InChI=1S/C19H21ClN8O4/c1-3-28-11-6-9(18(31)24-8-13(29)30)4-5-10(11)27(2)12(28)7-23-19(32)14-16(21)26-17(22)15(20)25-14/h4-6H,3,7-8H2,1-2H3,(H6-,21,22,23,24,26,29,30,31,32)/p+1. The van der Waals surface area contributed by atoms with Gasteiger partial charge in [0, 0.05) is 11.6 Å². The first-order valence-corrected chi connectivity index (χ1v) is 9.89. The molecule has 1 aromatic carbocycles. The Balaban J connectivity index is 1.89. The number of hydrogen-bond acceptors (Lipinski definition) is 7. The van der Waals surface area contributed by atoms with E-state index >= 15 is 0 Å². The highest BCUT2D eigenvalue weighted by molar-refractivity contribution is 6.31. The van der Waals surface area contributed by atoms with Crippen molar-refractivity contribution in [1.82, 2.24) is 25.2 Å². The predicted molar refractivity (Wildman–Crippen MR) is 116 cm³/mol. The number of hydrogen-bond donors (Lipinski definition) is 5. The summed E-state index contributed by atoms with van der Waals surface area (Å²) < 4.78 is 3.80. The lowest BCUT2D eigenvalue weighted by molar-refractivity contribution is -0.654. The average molecular weight is 462 g/mol. The van der Waals surface area contributed by atoms with Crippen LogP contribution in [0.15, 0.2) is 18.2 Å². The van der Waals surface area contributed by atoms with Crippen LogP contribution in [0.25, 0.3) is 11.0 Å². The molecule has 2 aromatic heterocycles. The molecule has 0 bridgehead atoms. The highest BCUT2D eigenvalue weighted by Crippen LogP contribution is 2.19. The zero-order chi connectivity index (χ0) is 23.6. The number of nitrogens with two attached hydrogens (primary N) is 2. The number of aryl methyl sites for hydroxylation is 2. The van der Waals surface area contributed by atoms with Gasteiger partial charge in [-0.3, -0.25) is 14.4 Å². The van der Waals surface area contributed by atoms with E-state index in [0.29, 0.717) is 12.1 Å². The van der Waals surface area contributed by atoms with Crippen LogP contribution in [0.1, 0.15) is 33.6 Å². The summed E-state index contributed by atoms with van der Waals surface area (Å²) in [5.41, 5.74) is 13.0. The third-order valence-electron chi connectivity index (χ3n) is 4.83. The monoisotopic (exact) mass is 461 g/mol. The Morgan fingerprint density at radius 2 is 1.88 bits per heavy atom. The minimum Gasteiger partial charge on any atom is -0.480 e. The number of aliphatic carboxylic acids is 1. The van der Waals surface area contributed by atoms with E-state index in [-0.39, 0.29) is 29.0 Å². The topological polar surface area (TPSA) is 182 Å². The van der Waals surface area contributed by atoms with Gasteiger partial charge in [0.1, 0.15) is 13.1 Å². The number of amides is 2. The minimum absolute atomic E-state index is 0.0681. The number of rotatable bonds is 7. The van der Waals surface area contributed by atoms with E-state index < -0.39 is 24.3 Å². The predicted octanol–water partition coefficient (Wildman–Crippen LogP) is -0.162. The van der Waals surface area contributed by atoms with Crippen molar-refractivity contribution < 1.29 is 24.1 Å². The molecule has 168 valence electrons. The van der Waals surface area contributed by atoms with Crippen molar-refractivity contribution in [2.75, 3.05) is 18.0 Å². The van der Waals surface area contributed by atoms with Crippen LogP contribution in [0.4, 0.5) is 11.6 Å². The number of carboxylic acids is 1. The maximum atomic E-state index is 12.6. The quantitative estimate of drug-likeness (QED) is 0.300. The smallest absolute Gasteiger partial charge is 0.322 e. The Morgan fingerprint density at radius 1 is 1.16 bits per heavy atom. The third-order valence-corrected chi connectivity index (χ3v) is 5.11. The summed E-state index contributed by atoms with van der Waals surface area (Å²) in [4.78, 5) is 43.2. The zero-order valence-electron chi connectivity index (χ0n) is 17.3. The van der Waals surface area contributed by atoms with Gasteiger partial charge in [0.2, 0.25) is 0 Å². The molecule has 2 heterocycles. The number of nitrogens with zero attached hydrogens (tertiary/aromatic N) is 4. The summed E-state index contributed by atoms with van der Waals surface area (Å²) in [6.45, 7) is 2.13. The van der Waals surface area contributed by atoms with Gasteiger partial charge in [-0.15, -0.1) is 0 Å². The fourth-order valence-electron chi connectivity index (χ4n) is 3.30. The second-order valence-corrected chi connectivity index (χ2v) is 7.17. The van der Waals surface area contributed by atoms with Crippen molar-refractivity contribution in [3.63, 3.8) is 0 Å². The van der Waals surface area contributed by atoms with Gasteiger partial charge in [0.15, 0.2) is 33.5 Å². The number of carboxylic acid groups (broad SMARTS) is 1. The molecule has 7 N–H and O–H groups in total. The number of imidazole rings is 1. The Hall–Kier alpha value is -3.93. The molecule has 0 atom stereocenters. The van der Waals surface area contributed by atoms with Crippen molar-refractivity contribution in [2.45, 2.75) is 20.0 Å². The number of benzene rings is 1. The van der Waals surface area contributed by atoms with Crippen molar-refractivity contribution in [3.8, 4) is 0 Å². The van der Waals surface area contributed by atoms with Crippen LogP contribution < -0.4 is 26.7 Å². The molecule has 32 heavy (non-hydrogen) atoms. The van der Waals surface area contributed by atoms with Gasteiger partial charge >= 0.3 is 5.97 Å². The molecule has 3 aromatic rings. The summed E-state index contributed by atoms with van der Waals surface area (Å²) in [6.07, 6.45) is 0. The summed E-state index contributed by atoms with van der Waals surface area (Å²) in [6, 6.07) is 5.03. The molecule has 0 aliphatic heterocycles. The number of anilines is 2. The largest absolute Gasteiger partial charge is 0.480 e. The number of carbonyl (C=O) groups is 3. The summed E-state index contributed by atoms with van der Waals surface area (Å²) in [5, 5.41) is 13.7. The van der Waals surface area contributed by atoms with E-state index in [1.807, 2.05) is 23.1 Å². The zero-order valence-corrected chi connectivity index (χ0v) is 18.1. The first-order chi connectivity index (χ1) is 15.1. The van der Waals surface area contributed by atoms with Crippen molar-refractivity contribution in [2.24, 2.45) is 7.05 Å². The van der Waals surface area contributed by atoms with Gasteiger partial charge in [0.25, 0.3) is 17.6 Å². The molecule has 0 saturated heterocycles. The third kappa shape index (κ3) is 4.39. The van der Waals surface area contributed by atoms with E-state index in [1.54, 1.807) is 18.2 Å². The lowest BCUT2D eigenvalue weighted by atomic mass is 10.2. The van der Waals surface area contributed by atoms with Gasteiger partial charge in [-0.25, -0.2) is 19.1 Å². The van der Waals surface area contributed by atoms with Gasteiger partial charge < -0.3 is 27.2 Å². The molecular weight excluding hydrogens is 440 g/mol. The summed E-state index contributed by atoms with van der Waals surface area (Å²) in [7, 11) is 1.83. The average Bonchev–Trinajstić information content (AvgIpc) is 3.03. The Morgan fingerprint density at radius 3 is 2.53 bits per heavy atom. The number of halogens is 1. The molecular formula is C19H22ClN8O4+. The van der Waals surface area contributed by atoms with E-state index in [2.05, 4.69) is 20.6 Å². The number of nitrogen functional groups attached to an aromatic ring is 2. The van der Waals surface area contributed by atoms with Crippen LogP contribution in [0, 0.1) is 0 Å². The second kappa shape index (κ2) is 9.06. The van der Waals surface area contributed by atoms with Crippen LogP contribution in [0.3, 0.4) is 0 Å². The molecule has 0 aliphatic carbocycles. The summed E-state index contributed by atoms with van der Waals surface area (Å²) >= 11 is 5.85. The van der Waals surface area contributed by atoms with Gasteiger partial charge in [-0.1, -0.05) is 11.6 Å². The molecule has 12 nitrogen and oxygen atoms in total. The van der Waals surface area contributed by atoms with Crippen LogP contribution in [-0.2, 0) is 24.9 Å². The van der Waals surface area contributed by atoms with Gasteiger partial charge in [-0.2, -0.15) is 0 Å². The fraction of sp³-hybridized carbons (Fsp3) is 0.263. The highest BCUT2D eigenvalue weighted by Gasteiger charge is 2.24. The minimum atomic E-state index is -1.13. The Bertz CT molecular complexity index is 1240. The van der Waals surface area contributed by atoms with Crippen LogP contribution in [0.5, 0.6) is 0 Å². The molecule has 13 heteroatoms. The molecule has 0 fully saturated rings. The molecule has 0 radical (unpaired) electrons. The number of nitrogens with one attached hydrogen (secondary N) is 2. The fourth-order valence-corrected chi connectivity index (χ4v) is 3.43. The Labute approximate surface area is 187 Å². The van der Waals surface area contributed by atoms with E-state index in [0.717, 1.165) is 16.9 Å². The molecule has 0 unspecified atom stereocenters. The van der Waals surface area contributed by atoms with Crippen LogP contribution in [0.2, 0.25) is 5.15 Å². The normalized spacial score (nSPS) is 10.8. The number of carbonyl (C=O) groups excluding carboxylic acids is 2. The van der Waals surface area contributed by atoms with Crippen molar-refractivity contribution >= 4 is 52.1 Å². The second-order valence-electron chi connectivity index (χ2n) is 6.82. The van der Waals surface area contributed by atoms with Crippen LogP contribution in [-0.4, -0.2) is 44.0 Å². The van der Waals surface area contributed by atoms with E-state index in [4.69, 9.17) is 28.2 Å². The lowest BCUT2D eigenvalue weighted by Gasteiger charge is -2.07. The van der Waals surface area contributed by atoms with Crippen molar-refractivity contribution in [3.05, 3.63) is 40.4 Å². The number of fused-ring (bicyclic) bond motifs is 1. The summed E-state index contributed by atoms with van der Waals surface area (Å²) in [5.74, 6) is -1.66. The first-order valence-electron chi connectivity index (χ1n) is 9.51. The maximum absolute atomic E-state index is 12.6. The van der Waals surface area contributed by atoms with E-state index in [9.17, 15) is 14.4 Å². The molecule has 2 amide bonds. The maximum Gasteiger partial charge on any atom is 0.322 e. The van der Waals surface area contributed by atoms with Gasteiger partial charge in [-0.05, 0) is 19.1 Å².